The average Bonchev–Trinajstić information content (AvgIpc) is 2.26. The van der Waals surface area contributed by atoms with Crippen molar-refractivity contribution in [2.24, 2.45) is 0 Å². The number of aldehydes is 1. The van der Waals surface area contributed by atoms with E-state index in [0.717, 1.165) is 6.07 Å². The van der Waals surface area contributed by atoms with Crippen molar-refractivity contribution in [3.63, 3.8) is 0 Å². The van der Waals surface area contributed by atoms with Crippen LogP contribution in [0.2, 0.25) is 0 Å². The minimum atomic E-state index is -0.844. The number of hydrogen-bond donors (Lipinski definition) is 1. The summed E-state index contributed by atoms with van der Waals surface area (Å²) in [6.45, 7) is 0. The van der Waals surface area contributed by atoms with Crippen LogP contribution in [0.5, 0.6) is 5.75 Å². The maximum atomic E-state index is 11.0. The highest BCUT2D eigenvalue weighted by Gasteiger charge is 2.13. The molecular weight excluding hydrogens is 200 g/mol. The third-order valence-corrected chi connectivity index (χ3v) is 1.79. The third-order valence-electron chi connectivity index (χ3n) is 1.79. The smallest absolute Gasteiger partial charge is 0.337 e. The van der Waals surface area contributed by atoms with Gasteiger partial charge in [0.1, 0.15) is 5.75 Å². The fourth-order valence-electron chi connectivity index (χ4n) is 1.05. The normalized spacial score (nSPS) is 9.40. The van der Waals surface area contributed by atoms with Gasteiger partial charge in [-0.15, -0.1) is 0 Å². The van der Waals surface area contributed by atoms with Crippen LogP contribution in [0.15, 0.2) is 18.2 Å². The Labute approximate surface area is 85.3 Å². The van der Waals surface area contributed by atoms with Crippen LogP contribution in [0.25, 0.3) is 0 Å². The maximum Gasteiger partial charge on any atom is 0.337 e. The molecule has 0 saturated carbocycles. The molecule has 78 valence electrons. The summed E-state index contributed by atoms with van der Waals surface area (Å²) < 4.78 is 4.41. The van der Waals surface area contributed by atoms with Gasteiger partial charge in [0.2, 0.25) is 5.78 Å². The van der Waals surface area contributed by atoms with Crippen LogP contribution in [-0.4, -0.2) is 30.3 Å². The summed E-state index contributed by atoms with van der Waals surface area (Å²) in [6.07, 6.45) is 0.0901. The van der Waals surface area contributed by atoms with Crippen molar-refractivity contribution in [3.05, 3.63) is 29.3 Å². The molecule has 0 aliphatic rings. The van der Waals surface area contributed by atoms with E-state index in [1.54, 1.807) is 0 Å². The Morgan fingerprint density at radius 2 is 2.07 bits per heavy atom. The molecule has 0 amide bonds. The number of ether oxygens (including phenoxy) is 1. The molecule has 5 nitrogen and oxygen atoms in total. The number of carbonyl (C=O) groups excluding carboxylic acids is 3. The summed E-state index contributed by atoms with van der Waals surface area (Å²) in [5.74, 6) is -1.89. The highest BCUT2D eigenvalue weighted by atomic mass is 16.5. The second kappa shape index (κ2) is 4.36. The van der Waals surface area contributed by atoms with Crippen molar-refractivity contribution in [1.82, 2.24) is 0 Å². The maximum absolute atomic E-state index is 11.0. The van der Waals surface area contributed by atoms with Crippen molar-refractivity contribution >= 4 is 18.0 Å². The second-order valence-electron chi connectivity index (χ2n) is 2.71. The van der Waals surface area contributed by atoms with Crippen molar-refractivity contribution < 1.29 is 24.2 Å². The highest BCUT2D eigenvalue weighted by molar-refractivity contribution is 6.34. The molecule has 0 unspecified atom stereocenters. The van der Waals surface area contributed by atoms with E-state index in [1.165, 1.54) is 19.2 Å². The average molecular weight is 208 g/mol. The van der Waals surface area contributed by atoms with E-state index in [-0.39, 0.29) is 17.4 Å². The van der Waals surface area contributed by atoms with Crippen molar-refractivity contribution in [1.29, 1.82) is 0 Å². The quantitative estimate of drug-likeness (QED) is 0.339. The van der Waals surface area contributed by atoms with Gasteiger partial charge in [-0.05, 0) is 18.2 Å². The number of carbonyl (C=O) groups is 3. The Bertz CT molecular complexity index is 422. The van der Waals surface area contributed by atoms with Gasteiger partial charge in [0.15, 0.2) is 6.29 Å². The summed E-state index contributed by atoms with van der Waals surface area (Å²) >= 11 is 0. The van der Waals surface area contributed by atoms with E-state index >= 15 is 0 Å². The predicted molar refractivity (Wildman–Crippen MR) is 49.8 cm³/mol. The zero-order valence-corrected chi connectivity index (χ0v) is 7.89. The Hall–Kier alpha value is -2.17. The molecule has 0 atom stereocenters. The van der Waals surface area contributed by atoms with Crippen LogP contribution in [0.3, 0.4) is 0 Å². The first kappa shape index (κ1) is 10.9. The van der Waals surface area contributed by atoms with Crippen LogP contribution < -0.4 is 0 Å². The number of methoxy groups -OCH3 is 1. The molecule has 0 heterocycles. The molecule has 0 aliphatic carbocycles. The lowest BCUT2D eigenvalue weighted by molar-refractivity contribution is -0.104. The molecule has 0 bridgehead atoms. The van der Waals surface area contributed by atoms with Crippen LogP contribution in [0, 0.1) is 0 Å². The van der Waals surface area contributed by atoms with E-state index in [9.17, 15) is 19.5 Å². The van der Waals surface area contributed by atoms with Gasteiger partial charge in [0, 0.05) is 0 Å². The van der Waals surface area contributed by atoms with Gasteiger partial charge in [0.05, 0.1) is 18.2 Å². The lowest BCUT2D eigenvalue weighted by Gasteiger charge is -2.02. The summed E-state index contributed by atoms with van der Waals surface area (Å²) in [7, 11) is 1.20. The zero-order valence-electron chi connectivity index (χ0n) is 7.89. The van der Waals surface area contributed by atoms with E-state index in [0.29, 0.717) is 0 Å². The molecular formula is C10H8O5. The molecule has 15 heavy (non-hydrogen) atoms. The van der Waals surface area contributed by atoms with Crippen molar-refractivity contribution in [3.8, 4) is 5.75 Å². The number of Topliss-reactive ketones (excluding diaryl/α,β-unsaturated/α-hetero) is 1. The second-order valence-corrected chi connectivity index (χ2v) is 2.71. The standard InChI is InChI=1S/C10H8O5/c1-15-10(14)6-2-3-7(8(12)4-6)9(13)5-11/h2-5,12H,1H3. The number of phenolic OH excluding ortho intramolecular Hbond substituents is 1. The van der Waals surface area contributed by atoms with E-state index < -0.39 is 17.5 Å². The Kier molecular flexibility index (Phi) is 3.17. The molecule has 0 spiro atoms. The van der Waals surface area contributed by atoms with Crippen LogP contribution in [-0.2, 0) is 9.53 Å². The fraction of sp³-hybridized carbons (Fsp3) is 0.100. The third kappa shape index (κ3) is 2.19. The molecule has 0 fully saturated rings. The first-order valence-electron chi connectivity index (χ1n) is 4.01. The molecule has 0 radical (unpaired) electrons. The lowest BCUT2D eigenvalue weighted by Crippen LogP contribution is -2.04. The van der Waals surface area contributed by atoms with Crippen LogP contribution in [0.4, 0.5) is 0 Å². The monoisotopic (exact) mass is 208 g/mol. The van der Waals surface area contributed by atoms with Gasteiger partial charge in [-0.25, -0.2) is 4.79 Å². The van der Waals surface area contributed by atoms with E-state index in [2.05, 4.69) is 4.74 Å². The molecule has 1 N–H and O–H groups in total. The van der Waals surface area contributed by atoms with Crippen LogP contribution >= 0.6 is 0 Å². The van der Waals surface area contributed by atoms with Crippen molar-refractivity contribution in [2.75, 3.05) is 7.11 Å². The number of esters is 1. The molecule has 0 aliphatic heterocycles. The topological polar surface area (TPSA) is 80.7 Å². The first-order chi connectivity index (χ1) is 7.10. The summed E-state index contributed by atoms with van der Waals surface area (Å²) in [5.41, 5.74) is -0.0323. The zero-order chi connectivity index (χ0) is 11.4. The van der Waals surface area contributed by atoms with Gasteiger partial charge in [-0.3, -0.25) is 9.59 Å². The Morgan fingerprint density at radius 3 is 2.53 bits per heavy atom. The molecule has 5 heteroatoms. The Morgan fingerprint density at radius 1 is 1.40 bits per heavy atom. The van der Waals surface area contributed by atoms with Gasteiger partial charge in [-0.1, -0.05) is 0 Å². The summed E-state index contributed by atoms with van der Waals surface area (Å²) in [4.78, 5) is 32.1. The largest absolute Gasteiger partial charge is 0.507 e. The minimum absolute atomic E-state index is 0.0901. The number of aromatic hydroxyl groups is 1. The molecule has 1 aromatic carbocycles. The molecule has 1 rings (SSSR count). The number of rotatable bonds is 3. The highest BCUT2D eigenvalue weighted by Crippen LogP contribution is 2.19. The number of ketones is 1. The van der Waals surface area contributed by atoms with E-state index in [4.69, 9.17) is 0 Å². The van der Waals surface area contributed by atoms with Gasteiger partial charge < -0.3 is 9.84 Å². The lowest BCUT2D eigenvalue weighted by atomic mass is 10.1. The SMILES string of the molecule is COC(=O)c1ccc(C(=O)C=O)c(O)c1. The van der Waals surface area contributed by atoms with Crippen molar-refractivity contribution in [2.45, 2.75) is 0 Å². The van der Waals surface area contributed by atoms with Gasteiger partial charge >= 0.3 is 5.97 Å². The van der Waals surface area contributed by atoms with Gasteiger partial charge in [-0.2, -0.15) is 0 Å². The molecule has 0 saturated heterocycles. The van der Waals surface area contributed by atoms with E-state index in [1.807, 2.05) is 0 Å². The molecule has 0 aromatic heterocycles. The fourth-order valence-corrected chi connectivity index (χ4v) is 1.05. The number of hydrogen-bond acceptors (Lipinski definition) is 5. The van der Waals surface area contributed by atoms with Crippen LogP contribution in [0.1, 0.15) is 20.7 Å². The minimum Gasteiger partial charge on any atom is -0.507 e. The number of phenols is 1. The summed E-state index contributed by atoms with van der Waals surface area (Å²) in [6, 6.07) is 3.56. The van der Waals surface area contributed by atoms with Gasteiger partial charge in [0.25, 0.3) is 0 Å². The summed E-state index contributed by atoms with van der Waals surface area (Å²) in [5, 5.41) is 9.35. The Balaban J connectivity index is 3.14. The predicted octanol–water partition coefficient (Wildman–Crippen LogP) is 0.560. The first-order valence-corrected chi connectivity index (χ1v) is 4.01. The molecule has 1 aromatic rings. The number of benzene rings is 1.